The smallest absolute Gasteiger partial charge is 0.407 e. The van der Waals surface area contributed by atoms with E-state index in [-0.39, 0.29) is 6.04 Å². The van der Waals surface area contributed by atoms with Gasteiger partial charge < -0.3 is 20.8 Å². The van der Waals surface area contributed by atoms with Crippen LogP contribution in [0, 0.1) is 0 Å². The minimum Gasteiger partial charge on any atom is -0.407 e. The highest BCUT2D eigenvalue weighted by Crippen LogP contribution is 2.39. The highest BCUT2D eigenvalue weighted by Gasteiger charge is 2.21. The normalized spacial score (nSPS) is 12.0. The molecule has 0 fully saturated rings. The molecular formula is C27H24N4O2. The molecule has 0 saturated heterocycles. The van der Waals surface area contributed by atoms with Gasteiger partial charge in [-0.3, -0.25) is 4.98 Å². The maximum atomic E-state index is 12.9. The molecule has 0 bridgehead atoms. The standard InChI is InChI=1S/C27H24N4O2/c28-16-21(15-18-7-3-1-4-8-18)30-27(32)33-26-23-12-11-20-17-29-14-13-22(20)25(23)31-24(26)19-9-5-2-6-10-19/h1-14,17,21,31H,15-16,28H2,(H,30,32)/t21-/m0/s1. The van der Waals surface area contributed by atoms with Crippen molar-refractivity contribution >= 4 is 27.8 Å². The van der Waals surface area contributed by atoms with Crippen LogP contribution in [0.3, 0.4) is 0 Å². The summed E-state index contributed by atoms with van der Waals surface area (Å²) >= 11 is 0. The van der Waals surface area contributed by atoms with Crippen molar-refractivity contribution in [1.29, 1.82) is 0 Å². The Hall–Kier alpha value is -4.16. The number of aromatic amines is 1. The van der Waals surface area contributed by atoms with Crippen LogP contribution in [0.2, 0.25) is 0 Å². The summed E-state index contributed by atoms with van der Waals surface area (Å²) in [5.74, 6) is 0.489. The number of benzene rings is 3. The van der Waals surface area contributed by atoms with Crippen LogP contribution in [0.5, 0.6) is 5.75 Å². The first-order chi connectivity index (χ1) is 16.2. The molecule has 6 nitrogen and oxygen atoms in total. The van der Waals surface area contributed by atoms with Gasteiger partial charge in [0.15, 0.2) is 5.75 Å². The third kappa shape index (κ3) is 4.29. The number of fused-ring (bicyclic) bond motifs is 3. The van der Waals surface area contributed by atoms with Gasteiger partial charge in [0.05, 0.1) is 11.2 Å². The summed E-state index contributed by atoms with van der Waals surface area (Å²) in [7, 11) is 0. The second-order valence-corrected chi connectivity index (χ2v) is 7.94. The lowest BCUT2D eigenvalue weighted by molar-refractivity contribution is 0.197. The lowest BCUT2D eigenvalue weighted by atomic mass is 10.1. The Morgan fingerprint density at radius 2 is 1.73 bits per heavy atom. The summed E-state index contributed by atoms with van der Waals surface area (Å²) in [5, 5.41) is 5.77. The van der Waals surface area contributed by atoms with Crippen LogP contribution in [0.4, 0.5) is 4.79 Å². The molecule has 0 aliphatic heterocycles. The van der Waals surface area contributed by atoms with E-state index in [0.29, 0.717) is 18.7 Å². The van der Waals surface area contributed by atoms with Gasteiger partial charge in [-0.25, -0.2) is 4.79 Å². The number of carbonyl (C=O) groups is 1. The quantitative estimate of drug-likeness (QED) is 0.348. The molecule has 6 heteroatoms. The van der Waals surface area contributed by atoms with Crippen LogP contribution in [0.1, 0.15) is 5.56 Å². The zero-order chi connectivity index (χ0) is 22.6. The van der Waals surface area contributed by atoms with Gasteiger partial charge in [-0.05, 0) is 24.1 Å². The average Bonchev–Trinajstić information content (AvgIpc) is 3.23. The number of nitrogens with one attached hydrogen (secondary N) is 2. The van der Waals surface area contributed by atoms with Crippen molar-refractivity contribution in [2.75, 3.05) is 6.54 Å². The Balaban J connectivity index is 1.49. The van der Waals surface area contributed by atoms with Gasteiger partial charge in [0.1, 0.15) is 0 Å². The fraction of sp³-hybridized carbons (Fsp3) is 0.111. The summed E-state index contributed by atoms with van der Waals surface area (Å²) in [5.41, 5.74) is 9.61. The van der Waals surface area contributed by atoms with E-state index in [1.807, 2.05) is 85.1 Å². The number of hydrogen-bond donors (Lipinski definition) is 3. The van der Waals surface area contributed by atoms with E-state index in [2.05, 4.69) is 15.3 Å². The number of ether oxygens (including phenoxy) is 1. The van der Waals surface area contributed by atoms with Crippen molar-refractivity contribution in [3.05, 3.63) is 96.8 Å². The number of hydrogen-bond acceptors (Lipinski definition) is 4. The lowest BCUT2D eigenvalue weighted by Crippen LogP contribution is -2.43. The zero-order valence-electron chi connectivity index (χ0n) is 18.0. The molecule has 1 amide bonds. The largest absolute Gasteiger partial charge is 0.412 e. The van der Waals surface area contributed by atoms with Gasteiger partial charge in [-0.2, -0.15) is 0 Å². The Morgan fingerprint density at radius 1 is 0.970 bits per heavy atom. The van der Waals surface area contributed by atoms with Crippen LogP contribution < -0.4 is 15.8 Å². The Kier molecular flexibility index (Phi) is 5.74. The van der Waals surface area contributed by atoms with Crippen molar-refractivity contribution in [1.82, 2.24) is 15.3 Å². The topological polar surface area (TPSA) is 93.0 Å². The van der Waals surface area contributed by atoms with Crippen LogP contribution in [-0.2, 0) is 6.42 Å². The van der Waals surface area contributed by atoms with Gasteiger partial charge >= 0.3 is 6.09 Å². The average molecular weight is 437 g/mol. The number of aromatic nitrogens is 2. The van der Waals surface area contributed by atoms with Gasteiger partial charge in [0.2, 0.25) is 0 Å². The van der Waals surface area contributed by atoms with Crippen LogP contribution in [0.25, 0.3) is 32.9 Å². The van der Waals surface area contributed by atoms with E-state index in [1.54, 1.807) is 6.20 Å². The molecule has 3 aromatic carbocycles. The molecule has 0 aliphatic carbocycles. The molecule has 5 aromatic rings. The van der Waals surface area contributed by atoms with Crippen molar-refractivity contribution in [2.45, 2.75) is 12.5 Å². The highest BCUT2D eigenvalue weighted by molar-refractivity contribution is 6.10. The van der Waals surface area contributed by atoms with E-state index in [1.165, 1.54) is 0 Å². The van der Waals surface area contributed by atoms with E-state index in [9.17, 15) is 4.79 Å². The third-order valence-electron chi connectivity index (χ3n) is 5.73. The van der Waals surface area contributed by atoms with Crippen LogP contribution in [0.15, 0.2) is 91.3 Å². The molecule has 0 saturated carbocycles. The van der Waals surface area contributed by atoms with Gasteiger partial charge in [-0.15, -0.1) is 0 Å². The first-order valence-electron chi connectivity index (χ1n) is 10.9. The third-order valence-corrected chi connectivity index (χ3v) is 5.73. The molecule has 2 heterocycles. The number of H-pyrrole nitrogens is 1. The number of rotatable bonds is 6. The maximum absolute atomic E-state index is 12.9. The maximum Gasteiger partial charge on any atom is 0.412 e. The molecule has 0 unspecified atom stereocenters. The van der Waals surface area contributed by atoms with E-state index in [4.69, 9.17) is 10.5 Å². The number of nitrogens with zero attached hydrogens (tertiary/aromatic N) is 1. The van der Waals surface area contributed by atoms with E-state index >= 15 is 0 Å². The van der Waals surface area contributed by atoms with Crippen molar-refractivity contribution < 1.29 is 9.53 Å². The number of amides is 1. The first-order valence-corrected chi connectivity index (χ1v) is 10.9. The second-order valence-electron chi connectivity index (χ2n) is 7.94. The minimum absolute atomic E-state index is 0.239. The molecule has 0 spiro atoms. The number of carbonyl (C=O) groups excluding carboxylic acids is 1. The van der Waals surface area contributed by atoms with Crippen LogP contribution >= 0.6 is 0 Å². The molecule has 164 valence electrons. The highest BCUT2D eigenvalue weighted by atomic mass is 16.6. The SMILES string of the molecule is NC[C@H](Cc1ccccc1)NC(=O)Oc1c(-c2ccccc2)[nH]c2c1ccc1cnccc12. The zero-order valence-corrected chi connectivity index (χ0v) is 18.0. The fourth-order valence-corrected chi connectivity index (χ4v) is 4.10. The summed E-state index contributed by atoms with van der Waals surface area (Å²) in [6, 6.07) is 25.4. The number of pyridine rings is 1. The van der Waals surface area contributed by atoms with Crippen LogP contribution in [-0.4, -0.2) is 28.6 Å². The Morgan fingerprint density at radius 3 is 2.48 bits per heavy atom. The predicted molar refractivity (Wildman–Crippen MR) is 131 cm³/mol. The number of nitrogens with two attached hydrogens (primary N) is 1. The summed E-state index contributed by atoms with van der Waals surface area (Å²) in [6.07, 6.45) is 3.67. The summed E-state index contributed by atoms with van der Waals surface area (Å²) < 4.78 is 5.92. The summed E-state index contributed by atoms with van der Waals surface area (Å²) in [6.45, 7) is 0.307. The Labute approximate surface area is 191 Å². The van der Waals surface area contributed by atoms with E-state index in [0.717, 1.165) is 38.5 Å². The van der Waals surface area contributed by atoms with E-state index < -0.39 is 6.09 Å². The molecule has 5 rings (SSSR count). The van der Waals surface area contributed by atoms with Crippen molar-refractivity contribution in [2.24, 2.45) is 5.73 Å². The Bertz CT molecular complexity index is 1400. The first kappa shape index (κ1) is 20.7. The molecule has 4 N–H and O–H groups in total. The molecular weight excluding hydrogens is 412 g/mol. The molecule has 2 aromatic heterocycles. The monoisotopic (exact) mass is 436 g/mol. The van der Waals surface area contributed by atoms with Gasteiger partial charge in [0, 0.05) is 46.7 Å². The predicted octanol–water partition coefficient (Wildman–Crippen LogP) is 5.04. The lowest BCUT2D eigenvalue weighted by Gasteiger charge is -2.17. The van der Waals surface area contributed by atoms with Crippen molar-refractivity contribution in [3.63, 3.8) is 0 Å². The molecule has 0 aliphatic rings. The molecule has 33 heavy (non-hydrogen) atoms. The molecule has 0 radical (unpaired) electrons. The summed E-state index contributed by atoms with van der Waals surface area (Å²) in [4.78, 5) is 20.6. The van der Waals surface area contributed by atoms with Gasteiger partial charge in [-0.1, -0.05) is 66.7 Å². The second kappa shape index (κ2) is 9.14. The minimum atomic E-state index is -0.533. The molecule has 1 atom stereocenters. The van der Waals surface area contributed by atoms with Crippen molar-refractivity contribution in [3.8, 4) is 17.0 Å². The fourth-order valence-electron chi connectivity index (χ4n) is 4.10. The van der Waals surface area contributed by atoms with Gasteiger partial charge in [0.25, 0.3) is 0 Å².